The Morgan fingerprint density at radius 2 is 1.67 bits per heavy atom. The lowest BCUT2D eigenvalue weighted by molar-refractivity contribution is -0.385. The number of nitro groups is 1. The lowest BCUT2D eigenvalue weighted by Crippen LogP contribution is -2.24. The Kier molecular flexibility index (Phi) is 7.52. The van der Waals surface area contributed by atoms with Gasteiger partial charge in [0.05, 0.1) is 16.7 Å². The molecular weight excluding hydrogens is 486 g/mol. The van der Waals surface area contributed by atoms with Gasteiger partial charge in [-0.15, -0.1) is 0 Å². The van der Waals surface area contributed by atoms with E-state index in [0.717, 1.165) is 10.8 Å². The quantitative estimate of drug-likeness (QED) is 0.117. The first-order valence-electron chi connectivity index (χ1n) is 10.6. The van der Waals surface area contributed by atoms with Crippen LogP contribution in [0.1, 0.15) is 15.9 Å². The van der Waals surface area contributed by atoms with Gasteiger partial charge in [0.2, 0.25) is 0 Å². The SMILES string of the molecule is O=C(COc1ccccc1[N+](=O)[O-])N/N=C\c1c(OC(=O)c2ccc(Cl)cc2)ccc2ccccc12. The molecule has 1 amide bonds. The number of esters is 1. The smallest absolute Gasteiger partial charge is 0.343 e. The molecule has 0 saturated carbocycles. The van der Waals surface area contributed by atoms with Gasteiger partial charge in [-0.25, -0.2) is 10.2 Å². The van der Waals surface area contributed by atoms with Crippen LogP contribution in [0, 0.1) is 10.1 Å². The minimum atomic E-state index is -0.635. The van der Waals surface area contributed by atoms with Gasteiger partial charge < -0.3 is 9.47 Å². The van der Waals surface area contributed by atoms with Crippen LogP contribution in [0.25, 0.3) is 10.8 Å². The van der Waals surface area contributed by atoms with Crippen LogP contribution in [-0.2, 0) is 4.79 Å². The molecule has 0 aromatic heterocycles. The lowest BCUT2D eigenvalue weighted by Gasteiger charge is -2.11. The Labute approximate surface area is 210 Å². The fourth-order valence-electron chi connectivity index (χ4n) is 3.32. The summed E-state index contributed by atoms with van der Waals surface area (Å²) in [5, 5.41) is 17.2. The predicted molar refractivity (Wildman–Crippen MR) is 135 cm³/mol. The van der Waals surface area contributed by atoms with E-state index in [2.05, 4.69) is 10.5 Å². The van der Waals surface area contributed by atoms with E-state index in [1.54, 1.807) is 42.5 Å². The van der Waals surface area contributed by atoms with Crippen LogP contribution in [0.5, 0.6) is 11.5 Å². The highest BCUT2D eigenvalue weighted by atomic mass is 35.5. The highest BCUT2D eigenvalue weighted by molar-refractivity contribution is 6.30. The van der Waals surface area contributed by atoms with E-state index >= 15 is 0 Å². The highest BCUT2D eigenvalue weighted by Crippen LogP contribution is 2.28. The molecule has 0 fully saturated rings. The number of nitro benzene ring substituents is 1. The third-order valence-electron chi connectivity index (χ3n) is 5.02. The predicted octanol–water partition coefficient (Wildman–Crippen LogP) is 5.15. The minimum Gasteiger partial charge on any atom is -0.477 e. The number of carbonyl (C=O) groups excluding carboxylic acids is 2. The molecule has 0 unspecified atom stereocenters. The molecular formula is C26H18ClN3O6. The average molecular weight is 504 g/mol. The number of ether oxygens (including phenoxy) is 2. The zero-order chi connectivity index (χ0) is 25.5. The number of carbonyl (C=O) groups is 2. The largest absolute Gasteiger partial charge is 0.477 e. The second-order valence-electron chi connectivity index (χ2n) is 7.40. The molecule has 1 N–H and O–H groups in total. The van der Waals surface area contributed by atoms with Crippen molar-refractivity contribution >= 4 is 46.2 Å². The molecule has 0 spiro atoms. The summed E-state index contributed by atoms with van der Waals surface area (Å²) in [6.07, 6.45) is 1.36. The van der Waals surface area contributed by atoms with Crippen LogP contribution in [0.15, 0.2) is 90.0 Å². The Hall–Kier alpha value is -4.76. The number of para-hydroxylation sites is 2. The normalized spacial score (nSPS) is 10.8. The second-order valence-corrected chi connectivity index (χ2v) is 7.84. The fourth-order valence-corrected chi connectivity index (χ4v) is 3.44. The summed E-state index contributed by atoms with van der Waals surface area (Å²) in [5.41, 5.74) is 2.84. The summed E-state index contributed by atoms with van der Waals surface area (Å²) >= 11 is 5.89. The van der Waals surface area contributed by atoms with E-state index < -0.39 is 23.4 Å². The molecule has 0 saturated heterocycles. The summed E-state index contributed by atoms with van der Waals surface area (Å²) in [7, 11) is 0. The second kappa shape index (κ2) is 11.1. The zero-order valence-corrected chi connectivity index (χ0v) is 19.3. The summed E-state index contributed by atoms with van der Waals surface area (Å²) < 4.78 is 10.9. The maximum Gasteiger partial charge on any atom is 0.343 e. The van der Waals surface area contributed by atoms with Crippen molar-refractivity contribution in [3.8, 4) is 11.5 Å². The summed E-state index contributed by atoms with van der Waals surface area (Å²) in [6, 6.07) is 22.8. The molecule has 9 nitrogen and oxygen atoms in total. The zero-order valence-electron chi connectivity index (χ0n) is 18.6. The maximum atomic E-state index is 12.6. The van der Waals surface area contributed by atoms with Crippen LogP contribution < -0.4 is 14.9 Å². The summed E-state index contributed by atoms with van der Waals surface area (Å²) in [5.74, 6) is -1.02. The average Bonchev–Trinajstić information content (AvgIpc) is 2.89. The molecule has 0 bridgehead atoms. The number of benzene rings is 4. The number of fused-ring (bicyclic) bond motifs is 1. The van der Waals surface area contributed by atoms with Gasteiger partial charge in [-0.1, -0.05) is 54.1 Å². The van der Waals surface area contributed by atoms with Crippen LogP contribution in [-0.4, -0.2) is 29.6 Å². The van der Waals surface area contributed by atoms with Gasteiger partial charge in [0.25, 0.3) is 5.91 Å². The van der Waals surface area contributed by atoms with E-state index in [1.165, 1.54) is 24.4 Å². The van der Waals surface area contributed by atoms with Gasteiger partial charge >= 0.3 is 11.7 Å². The van der Waals surface area contributed by atoms with E-state index in [-0.39, 0.29) is 17.2 Å². The van der Waals surface area contributed by atoms with Crippen LogP contribution in [0.4, 0.5) is 5.69 Å². The first-order chi connectivity index (χ1) is 17.4. The fraction of sp³-hybridized carbons (Fsp3) is 0.0385. The van der Waals surface area contributed by atoms with E-state index in [0.29, 0.717) is 16.1 Å². The maximum absolute atomic E-state index is 12.6. The standard InChI is InChI=1S/C26H18ClN3O6/c27-19-12-9-18(10-13-19)26(32)36-23-14-11-17-5-1-2-6-20(17)21(23)15-28-29-25(31)16-35-24-8-4-3-7-22(24)30(33)34/h1-15H,16H2,(H,29,31)/b28-15-. The number of amides is 1. The van der Waals surface area contributed by atoms with Gasteiger partial charge in [0.1, 0.15) is 5.75 Å². The number of hydrogen-bond acceptors (Lipinski definition) is 7. The molecule has 4 aromatic carbocycles. The first-order valence-corrected chi connectivity index (χ1v) is 11.0. The van der Waals surface area contributed by atoms with Crippen molar-refractivity contribution in [1.82, 2.24) is 5.43 Å². The monoisotopic (exact) mass is 503 g/mol. The Bertz CT molecular complexity index is 1470. The number of halogens is 1. The summed E-state index contributed by atoms with van der Waals surface area (Å²) in [6.45, 7) is -0.490. The third-order valence-corrected chi connectivity index (χ3v) is 5.27. The van der Waals surface area contributed by atoms with Gasteiger partial charge in [-0.05, 0) is 47.2 Å². The molecule has 10 heteroatoms. The van der Waals surface area contributed by atoms with Crippen molar-refractivity contribution in [2.45, 2.75) is 0 Å². The molecule has 0 aliphatic carbocycles. The van der Waals surface area contributed by atoms with Gasteiger partial charge in [-0.2, -0.15) is 5.10 Å². The van der Waals surface area contributed by atoms with E-state index in [9.17, 15) is 19.7 Å². The number of hydrazone groups is 1. The number of nitrogens with zero attached hydrogens (tertiary/aromatic N) is 2. The van der Waals surface area contributed by atoms with Crippen molar-refractivity contribution in [2.75, 3.05) is 6.61 Å². The van der Waals surface area contributed by atoms with Crippen LogP contribution in [0.2, 0.25) is 5.02 Å². The third kappa shape index (κ3) is 5.83. The highest BCUT2D eigenvalue weighted by Gasteiger charge is 2.16. The van der Waals surface area contributed by atoms with Gasteiger partial charge in [0.15, 0.2) is 12.4 Å². The molecule has 0 radical (unpaired) electrons. The molecule has 4 aromatic rings. The number of rotatable bonds is 8. The topological polar surface area (TPSA) is 120 Å². The molecule has 36 heavy (non-hydrogen) atoms. The van der Waals surface area contributed by atoms with Crippen LogP contribution in [0.3, 0.4) is 0 Å². The number of nitrogens with one attached hydrogen (secondary N) is 1. The Morgan fingerprint density at radius 3 is 2.44 bits per heavy atom. The van der Waals surface area contributed by atoms with Gasteiger partial charge in [-0.3, -0.25) is 14.9 Å². The molecule has 0 aliphatic heterocycles. The van der Waals surface area contributed by atoms with Crippen molar-refractivity contribution < 1.29 is 24.0 Å². The van der Waals surface area contributed by atoms with E-state index in [1.807, 2.05) is 24.3 Å². The van der Waals surface area contributed by atoms with Crippen LogP contribution >= 0.6 is 11.6 Å². The van der Waals surface area contributed by atoms with Crippen molar-refractivity contribution in [1.29, 1.82) is 0 Å². The van der Waals surface area contributed by atoms with Crippen molar-refractivity contribution in [3.63, 3.8) is 0 Å². The minimum absolute atomic E-state index is 0.0351. The summed E-state index contributed by atoms with van der Waals surface area (Å²) in [4.78, 5) is 35.3. The Morgan fingerprint density at radius 1 is 0.944 bits per heavy atom. The first kappa shape index (κ1) is 24.4. The molecule has 0 atom stereocenters. The molecule has 4 rings (SSSR count). The molecule has 0 heterocycles. The van der Waals surface area contributed by atoms with E-state index in [4.69, 9.17) is 21.1 Å². The molecule has 0 aliphatic rings. The lowest BCUT2D eigenvalue weighted by atomic mass is 10.0. The van der Waals surface area contributed by atoms with Crippen molar-refractivity contribution in [2.24, 2.45) is 5.10 Å². The molecule has 180 valence electrons. The van der Waals surface area contributed by atoms with Gasteiger partial charge in [0, 0.05) is 16.7 Å². The Balaban J connectivity index is 1.50. The van der Waals surface area contributed by atoms with Crippen molar-refractivity contribution in [3.05, 3.63) is 111 Å². The number of hydrogen-bond donors (Lipinski definition) is 1.